The van der Waals surface area contributed by atoms with Crippen LogP contribution in [0.1, 0.15) is 39.5 Å². The number of ether oxygens (including phenoxy) is 1. The van der Waals surface area contributed by atoms with Crippen LogP contribution >= 0.6 is 11.6 Å². The molecule has 1 aromatic heterocycles. The van der Waals surface area contributed by atoms with Gasteiger partial charge in [-0.2, -0.15) is 5.10 Å². The van der Waals surface area contributed by atoms with E-state index in [4.69, 9.17) is 16.3 Å². The molecule has 2 aromatic rings. The minimum Gasteiger partial charge on any atom is -0.497 e. The lowest BCUT2D eigenvalue weighted by Gasteiger charge is -2.12. The Balaban J connectivity index is 2.19. The van der Waals surface area contributed by atoms with Crippen molar-refractivity contribution in [2.75, 3.05) is 17.9 Å². The van der Waals surface area contributed by atoms with E-state index < -0.39 is 0 Å². The van der Waals surface area contributed by atoms with E-state index in [1.165, 1.54) is 0 Å². The quantitative estimate of drug-likeness (QED) is 0.471. The number of halogens is 1. The van der Waals surface area contributed by atoms with Crippen molar-refractivity contribution < 1.29 is 4.74 Å². The van der Waals surface area contributed by atoms with Gasteiger partial charge in [-0.1, -0.05) is 38.3 Å². The molecule has 0 aliphatic heterocycles. The zero-order valence-corrected chi connectivity index (χ0v) is 15.6. The molecule has 25 heavy (non-hydrogen) atoms. The molecule has 0 amide bonds. The lowest BCUT2D eigenvalue weighted by molar-refractivity contribution is 0.415. The summed E-state index contributed by atoms with van der Waals surface area (Å²) in [6, 6.07) is 9.31. The van der Waals surface area contributed by atoms with Gasteiger partial charge < -0.3 is 10.1 Å². The third-order valence-corrected chi connectivity index (χ3v) is 3.71. The topological polar surface area (TPSA) is 71.4 Å². The molecule has 0 atom stereocenters. The van der Waals surface area contributed by atoms with Crippen molar-refractivity contribution in [2.45, 2.75) is 39.5 Å². The summed E-state index contributed by atoms with van der Waals surface area (Å²) >= 11 is 6.00. The van der Waals surface area contributed by atoms with E-state index in [0.717, 1.165) is 42.8 Å². The minimum atomic E-state index is 0.313. The maximum absolute atomic E-state index is 6.00. The number of benzene rings is 1. The average Bonchev–Trinajstić information content (AvgIpc) is 2.62. The van der Waals surface area contributed by atoms with E-state index in [-0.39, 0.29) is 0 Å². The molecule has 0 unspecified atom stereocenters. The van der Waals surface area contributed by atoms with Crippen molar-refractivity contribution in [3.8, 4) is 5.75 Å². The van der Waals surface area contributed by atoms with E-state index in [1.54, 1.807) is 13.2 Å². The highest BCUT2D eigenvalue weighted by Gasteiger charge is 2.08. The second-order valence-electron chi connectivity index (χ2n) is 5.57. The number of methoxy groups -OCH3 is 1. The van der Waals surface area contributed by atoms with Crippen molar-refractivity contribution in [1.29, 1.82) is 0 Å². The summed E-state index contributed by atoms with van der Waals surface area (Å²) in [6.45, 7) is 4.29. The number of hydrogen-bond acceptors (Lipinski definition) is 6. The SMILES string of the molecule is CCCC(CCC)=NNc1nnc(Cl)cc1Nc1ccc(OC)cc1. The predicted molar refractivity (Wildman–Crippen MR) is 104 cm³/mol. The Bertz CT molecular complexity index is 695. The van der Waals surface area contributed by atoms with E-state index in [9.17, 15) is 0 Å². The molecule has 2 rings (SSSR count). The Morgan fingerprint density at radius 3 is 2.40 bits per heavy atom. The fraction of sp³-hybridized carbons (Fsp3) is 0.389. The van der Waals surface area contributed by atoms with Crippen LogP contribution in [-0.4, -0.2) is 23.0 Å². The number of aromatic nitrogens is 2. The lowest BCUT2D eigenvalue weighted by atomic mass is 10.1. The van der Waals surface area contributed by atoms with Gasteiger partial charge in [0.25, 0.3) is 0 Å². The number of rotatable bonds is 9. The van der Waals surface area contributed by atoms with Gasteiger partial charge in [0.1, 0.15) is 5.75 Å². The highest BCUT2D eigenvalue weighted by atomic mass is 35.5. The molecular formula is C18H24ClN5O. The van der Waals surface area contributed by atoms with Crippen molar-refractivity contribution in [1.82, 2.24) is 10.2 Å². The third kappa shape index (κ3) is 5.90. The van der Waals surface area contributed by atoms with Crippen LogP contribution in [0, 0.1) is 0 Å². The van der Waals surface area contributed by atoms with E-state index >= 15 is 0 Å². The van der Waals surface area contributed by atoms with Crippen LogP contribution in [0.2, 0.25) is 5.15 Å². The first kappa shape index (κ1) is 19.0. The van der Waals surface area contributed by atoms with Gasteiger partial charge in [0, 0.05) is 17.5 Å². The van der Waals surface area contributed by atoms with Gasteiger partial charge in [-0.3, -0.25) is 5.43 Å². The van der Waals surface area contributed by atoms with Crippen LogP contribution in [0.15, 0.2) is 35.4 Å². The lowest BCUT2D eigenvalue weighted by Crippen LogP contribution is -2.05. The van der Waals surface area contributed by atoms with Gasteiger partial charge in [-0.05, 0) is 37.1 Å². The molecule has 0 radical (unpaired) electrons. The summed E-state index contributed by atoms with van der Waals surface area (Å²) < 4.78 is 5.17. The Morgan fingerprint density at radius 2 is 1.80 bits per heavy atom. The second kappa shape index (κ2) is 9.84. The smallest absolute Gasteiger partial charge is 0.192 e. The van der Waals surface area contributed by atoms with Crippen LogP contribution in [-0.2, 0) is 0 Å². The molecule has 1 aromatic carbocycles. The second-order valence-corrected chi connectivity index (χ2v) is 5.96. The van der Waals surface area contributed by atoms with Crippen molar-refractivity contribution in [3.05, 3.63) is 35.5 Å². The van der Waals surface area contributed by atoms with E-state index in [2.05, 4.69) is 39.9 Å². The molecule has 0 fully saturated rings. The Kier molecular flexibility index (Phi) is 7.47. The van der Waals surface area contributed by atoms with Crippen LogP contribution in [0.3, 0.4) is 0 Å². The summed E-state index contributed by atoms with van der Waals surface area (Å²) in [7, 11) is 1.64. The molecule has 134 valence electrons. The van der Waals surface area contributed by atoms with Gasteiger partial charge in [0.15, 0.2) is 11.0 Å². The van der Waals surface area contributed by atoms with Crippen molar-refractivity contribution in [3.63, 3.8) is 0 Å². The molecule has 0 aliphatic rings. The Morgan fingerprint density at radius 1 is 1.12 bits per heavy atom. The molecule has 7 heteroatoms. The Hall–Kier alpha value is -2.34. The maximum atomic E-state index is 6.00. The number of nitrogens with zero attached hydrogens (tertiary/aromatic N) is 3. The van der Waals surface area contributed by atoms with E-state index in [1.807, 2.05) is 24.3 Å². The molecule has 0 bridgehead atoms. The molecule has 0 saturated heterocycles. The van der Waals surface area contributed by atoms with Crippen LogP contribution < -0.4 is 15.5 Å². The Labute approximate surface area is 153 Å². The monoisotopic (exact) mass is 361 g/mol. The zero-order valence-electron chi connectivity index (χ0n) is 14.8. The average molecular weight is 362 g/mol. The van der Waals surface area contributed by atoms with Gasteiger partial charge in [0.2, 0.25) is 0 Å². The first-order chi connectivity index (χ1) is 12.2. The standard InChI is InChI=1S/C18H24ClN5O/c1-4-6-14(7-5-2)21-23-18-16(12-17(19)22-24-18)20-13-8-10-15(25-3)11-9-13/h8-12H,4-7H2,1-3H3,(H,20,22)(H,23,24). The summed E-state index contributed by atoms with van der Waals surface area (Å²) in [5.74, 6) is 1.33. The molecule has 2 N–H and O–H groups in total. The summed E-state index contributed by atoms with van der Waals surface area (Å²) in [4.78, 5) is 0. The van der Waals surface area contributed by atoms with E-state index in [0.29, 0.717) is 16.7 Å². The fourth-order valence-corrected chi connectivity index (χ4v) is 2.47. The molecule has 6 nitrogen and oxygen atoms in total. The van der Waals surface area contributed by atoms with Gasteiger partial charge >= 0.3 is 0 Å². The van der Waals surface area contributed by atoms with Crippen LogP contribution in [0.25, 0.3) is 0 Å². The molecule has 0 aliphatic carbocycles. The third-order valence-electron chi connectivity index (χ3n) is 3.53. The summed E-state index contributed by atoms with van der Waals surface area (Å²) in [5, 5.41) is 16.1. The molecule has 1 heterocycles. The minimum absolute atomic E-state index is 0.313. The largest absolute Gasteiger partial charge is 0.497 e. The first-order valence-electron chi connectivity index (χ1n) is 8.42. The summed E-state index contributed by atoms with van der Waals surface area (Å²) in [5.41, 5.74) is 5.74. The van der Waals surface area contributed by atoms with Crippen molar-refractivity contribution in [2.24, 2.45) is 5.10 Å². The number of hydrazone groups is 1. The highest BCUT2D eigenvalue weighted by Crippen LogP contribution is 2.26. The number of nitrogens with one attached hydrogen (secondary N) is 2. The first-order valence-corrected chi connectivity index (χ1v) is 8.79. The van der Waals surface area contributed by atoms with Crippen molar-refractivity contribution >= 4 is 34.5 Å². The fourth-order valence-electron chi connectivity index (χ4n) is 2.32. The van der Waals surface area contributed by atoms with Gasteiger partial charge in [-0.15, -0.1) is 10.2 Å². The van der Waals surface area contributed by atoms with Crippen LogP contribution in [0.5, 0.6) is 5.75 Å². The molecule has 0 saturated carbocycles. The number of hydrogen-bond donors (Lipinski definition) is 2. The van der Waals surface area contributed by atoms with Crippen LogP contribution in [0.4, 0.5) is 17.2 Å². The molecular weight excluding hydrogens is 338 g/mol. The number of anilines is 3. The zero-order chi connectivity index (χ0) is 18.1. The van der Waals surface area contributed by atoms with Gasteiger partial charge in [-0.25, -0.2) is 0 Å². The maximum Gasteiger partial charge on any atom is 0.192 e. The normalized spacial score (nSPS) is 10.2. The van der Waals surface area contributed by atoms with Gasteiger partial charge in [0.05, 0.1) is 12.8 Å². The summed E-state index contributed by atoms with van der Waals surface area (Å²) in [6.07, 6.45) is 4.04. The highest BCUT2D eigenvalue weighted by molar-refractivity contribution is 6.29. The molecule has 0 spiro atoms. The predicted octanol–water partition coefficient (Wildman–Crippen LogP) is 5.25.